The van der Waals surface area contributed by atoms with E-state index in [1.54, 1.807) is 6.92 Å². The Morgan fingerprint density at radius 3 is 2.35 bits per heavy atom. The summed E-state index contributed by atoms with van der Waals surface area (Å²) in [5.74, 6) is -1.99. The molecule has 0 aromatic heterocycles. The van der Waals surface area contributed by atoms with E-state index < -0.39 is 27.8 Å². The maximum atomic E-state index is 12.1. The molecule has 0 spiro atoms. The number of hydrogen-bond acceptors (Lipinski definition) is 4. The molecule has 0 bridgehead atoms. The van der Waals surface area contributed by atoms with Gasteiger partial charge in [-0.05, 0) is 18.6 Å². The van der Waals surface area contributed by atoms with Gasteiger partial charge in [0.05, 0.1) is 16.2 Å². The maximum Gasteiger partial charge on any atom is 0.326 e. The predicted molar refractivity (Wildman–Crippen MR) is 73.3 cm³/mol. The first-order valence-corrected chi connectivity index (χ1v) is 7.84. The zero-order valence-corrected chi connectivity index (χ0v) is 12.1. The molecule has 1 atom stereocenters. The van der Waals surface area contributed by atoms with Crippen LogP contribution in [0, 0.1) is 0 Å². The van der Waals surface area contributed by atoms with Crippen LogP contribution in [0.2, 0.25) is 0 Å². The Balaban J connectivity index is 3.15. The minimum Gasteiger partial charge on any atom is -0.480 e. The zero-order chi connectivity index (χ0) is 15.3. The molecule has 1 unspecified atom stereocenters. The Labute approximate surface area is 117 Å². The van der Waals surface area contributed by atoms with Crippen LogP contribution in [0.15, 0.2) is 29.2 Å². The predicted octanol–water partition coefficient (Wildman–Crippen LogP) is 1.07. The smallest absolute Gasteiger partial charge is 0.326 e. The van der Waals surface area contributed by atoms with Gasteiger partial charge >= 0.3 is 5.97 Å². The summed E-state index contributed by atoms with van der Waals surface area (Å²) in [6.45, 7) is 3.10. The molecule has 1 amide bonds. The minimum absolute atomic E-state index is 0.0333. The van der Waals surface area contributed by atoms with Gasteiger partial charge in [-0.2, -0.15) is 0 Å². The van der Waals surface area contributed by atoms with Crippen molar-refractivity contribution in [1.82, 2.24) is 5.32 Å². The van der Waals surface area contributed by atoms with E-state index in [9.17, 15) is 18.0 Å². The average Bonchev–Trinajstić information content (AvgIpc) is 2.44. The average molecular weight is 299 g/mol. The summed E-state index contributed by atoms with van der Waals surface area (Å²) in [5.41, 5.74) is -0.0333. The highest BCUT2D eigenvalue weighted by Crippen LogP contribution is 2.17. The van der Waals surface area contributed by atoms with Gasteiger partial charge in [0.1, 0.15) is 6.04 Å². The standard InChI is InChI=1S/C13H17NO5S/c1-3-10(13(16)17)14-12(15)9-7-5-6-8-11(9)20(18,19)4-2/h5-8,10H,3-4H2,1-2H3,(H,14,15)(H,16,17). The first kappa shape index (κ1) is 16.2. The highest BCUT2D eigenvalue weighted by Gasteiger charge is 2.24. The lowest BCUT2D eigenvalue weighted by atomic mass is 10.1. The number of amides is 1. The molecule has 2 N–H and O–H groups in total. The third-order valence-electron chi connectivity index (χ3n) is 2.86. The summed E-state index contributed by atoms with van der Waals surface area (Å²) >= 11 is 0. The quantitative estimate of drug-likeness (QED) is 0.818. The van der Waals surface area contributed by atoms with Crippen molar-refractivity contribution in [1.29, 1.82) is 0 Å². The fraction of sp³-hybridized carbons (Fsp3) is 0.385. The number of rotatable bonds is 6. The topological polar surface area (TPSA) is 101 Å². The van der Waals surface area contributed by atoms with Crippen LogP contribution < -0.4 is 5.32 Å². The summed E-state index contributed by atoms with van der Waals surface area (Å²) in [5, 5.41) is 11.2. The van der Waals surface area contributed by atoms with Gasteiger partial charge in [-0.1, -0.05) is 26.0 Å². The molecular formula is C13H17NO5S. The van der Waals surface area contributed by atoms with Crippen molar-refractivity contribution in [3.05, 3.63) is 29.8 Å². The summed E-state index contributed by atoms with van der Waals surface area (Å²) in [6, 6.07) is 4.72. The van der Waals surface area contributed by atoms with Crippen LogP contribution in [-0.4, -0.2) is 37.2 Å². The molecule has 0 saturated heterocycles. The van der Waals surface area contributed by atoms with Crippen LogP contribution in [0.25, 0.3) is 0 Å². The van der Waals surface area contributed by atoms with Gasteiger partial charge in [0, 0.05) is 0 Å². The molecule has 0 aliphatic carbocycles. The van der Waals surface area contributed by atoms with Crippen molar-refractivity contribution >= 4 is 21.7 Å². The monoisotopic (exact) mass is 299 g/mol. The molecule has 0 saturated carbocycles. The fourth-order valence-electron chi connectivity index (χ4n) is 1.66. The first-order chi connectivity index (χ1) is 9.33. The molecule has 20 heavy (non-hydrogen) atoms. The molecular weight excluding hydrogens is 282 g/mol. The van der Waals surface area contributed by atoms with Crippen LogP contribution in [0.4, 0.5) is 0 Å². The summed E-state index contributed by atoms with van der Waals surface area (Å²) in [4.78, 5) is 22.9. The van der Waals surface area contributed by atoms with Crippen LogP contribution in [-0.2, 0) is 14.6 Å². The summed E-state index contributed by atoms with van der Waals surface area (Å²) in [7, 11) is -3.54. The SMILES string of the molecule is CCC(NC(=O)c1ccccc1S(=O)(=O)CC)C(=O)O. The number of nitrogens with one attached hydrogen (secondary N) is 1. The van der Waals surface area contributed by atoms with E-state index in [1.165, 1.54) is 31.2 Å². The number of carbonyl (C=O) groups excluding carboxylic acids is 1. The third-order valence-corrected chi connectivity index (χ3v) is 4.64. The van der Waals surface area contributed by atoms with Crippen LogP contribution in [0.5, 0.6) is 0 Å². The number of carboxylic acids is 1. The van der Waals surface area contributed by atoms with Crippen LogP contribution in [0.3, 0.4) is 0 Å². The van der Waals surface area contributed by atoms with E-state index >= 15 is 0 Å². The van der Waals surface area contributed by atoms with E-state index in [2.05, 4.69) is 5.32 Å². The molecule has 7 heteroatoms. The van der Waals surface area contributed by atoms with Crippen molar-refractivity contribution in [3.8, 4) is 0 Å². The second-order valence-electron chi connectivity index (χ2n) is 4.17. The van der Waals surface area contributed by atoms with E-state index in [4.69, 9.17) is 5.11 Å². The summed E-state index contributed by atoms with van der Waals surface area (Å²) < 4.78 is 23.8. The van der Waals surface area contributed by atoms with E-state index in [-0.39, 0.29) is 22.6 Å². The van der Waals surface area contributed by atoms with Crippen molar-refractivity contribution in [3.63, 3.8) is 0 Å². The number of hydrogen-bond donors (Lipinski definition) is 2. The van der Waals surface area contributed by atoms with Gasteiger partial charge in [0.2, 0.25) is 0 Å². The molecule has 0 heterocycles. The first-order valence-electron chi connectivity index (χ1n) is 6.19. The Kier molecular flexibility index (Phi) is 5.26. The fourth-order valence-corrected chi connectivity index (χ4v) is 2.75. The van der Waals surface area contributed by atoms with Crippen molar-refractivity contribution in [2.75, 3.05) is 5.75 Å². The Bertz CT molecular complexity index is 609. The van der Waals surface area contributed by atoms with Crippen LogP contribution in [0.1, 0.15) is 30.6 Å². The molecule has 6 nitrogen and oxygen atoms in total. The Morgan fingerprint density at radius 2 is 1.85 bits per heavy atom. The highest BCUT2D eigenvalue weighted by molar-refractivity contribution is 7.91. The van der Waals surface area contributed by atoms with E-state index in [0.717, 1.165) is 0 Å². The van der Waals surface area contributed by atoms with Crippen molar-refractivity contribution in [2.45, 2.75) is 31.2 Å². The van der Waals surface area contributed by atoms with Crippen LogP contribution >= 0.6 is 0 Å². The molecule has 110 valence electrons. The number of carbonyl (C=O) groups is 2. The Morgan fingerprint density at radius 1 is 1.25 bits per heavy atom. The lowest BCUT2D eigenvalue weighted by Gasteiger charge is -2.14. The van der Waals surface area contributed by atoms with Gasteiger partial charge in [-0.25, -0.2) is 13.2 Å². The van der Waals surface area contributed by atoms with Crippen molar-refractivity contribution in [2.24, 2.45) is 0 Å². The third kappa shape index (κ3) is 3.57. The van der Waals surface area contributed by atoms with Gasteiger partial charge in [-0.3, -0.25) is 4.79 Å². The van der Waals surface area contributed by atoms with Gasteiger partial charge in [0.25, 0.3) is 5.91 Å². The van der Waals surface area contributed by atoms with E-state index in [1.807, 2.05) is 0 Å². The molecule has 0 fully saturated rings. The van der Waals surface area contributed by atoms with Gasteiger partial charge in [-0.15, -0.1) is 0 Å². The normalized spacial score (nSPS) is 12.7. The zero-order valence-electron chi connectivity index (χ0n) is 11.3. The van der Waals surface area contributed by atoms with Gasteiger partial charge in [0.15, 0.2) is 9.84 Å². The maximum absolute atomic E-state index is 12.1. The molecule has 1 rings (SSSR count). The summed E-state index contributed by atoms with van der Waals surface area (Å²) in [6.07, 6.45) is 0.212. The molecule has 0 aliphatic heterocycles. The number of carboxylic acid groups (broad SMARTS) is 1. The Hall–Kier alpha value is -1.89. The molecule has 0 radical (unpaired) electrons. The van der Waals surface area contributed by atoms with Crippen molar-refractivity contribution < 1.29 is 23.1 Å². The second kappa shape index (κ2) is 6.51. The minimum atomic E-state index is -3.54. The number of aliphatic carboxylic acids is 1. The lowest BCUT2D eigenvalue weighted by Crippen LogP contribution is -2.40. The molecule has 1 aromatic rings. The lowest BCUT2D eigenvalue weighted by molar-refractivity contribution is -0.139. The second-order valence-corrected chi connectivity index (χ2v) is 6.42. The number of sulfone groups is 1. The largest absolute Gasteiger partial charge is 0.480 e. The molecule has 1 aromatic carbocycles. The van der Waals surface area contributed by atoms with Gasteiger partial charge < -0.3 is 10.4 Å². The van der Waals surface area contributed by atoms with E-state index in [0.29, 0.717) is 0 Å². The molecule has 0 aliphatic rings. The highest BCUT2D eigenvalue weighted by atomic mass is 32.2. The number of benzene rings is 1.